The second-order valence-corrected chi connectivity index (χ2v) is 5.93. The van der Waals surface area contributed by atoms with Gasteiger partial charge in [-0.05, 0) is 36.8 Å². The van der Waals surface area contributed by atoms with E-state index in [0.29, 0.717) is 18.1 Å². The van der Waals surface area contributed by atoms with Crippen LogP contribution in [0.25, 0.3) is 0 Å². The van der Waals surface area contributed by atoms with Crippen LogP contribution in [-0.4, -0.2) is 17.5 Å². The summed E-state index contributed by atoms with van der Waals surface area (Å²) in [7, 11) is 0. The molecule has 0 spiro atoms. The first-order valence-corrected chi connectivity index (χ1v) is 8.22. The molecule has 0 atom stereocenters. The van der Waals surface area contributed by atoms with Crippen LogP contribution in [0.15, 0.2) is 52.1 Å². The number of aromatic nitrogens is 1. The van der Waals surface area contributed by atoms with Crippen LogP contribution in [0.2, 0.25) is 5.02 Å². The third kappa shape index (κ3) is 5.31. The summed E-state index contributed by atoms with van der Waals surface area (Å²) in [5, 5.41) is 7.18. The van der Waals surface area contributed by atoms with Gasteiger partial charge in [0.15, 0.2) is 5.96 Å². The average molecular weight is 382 g/mol. The maximum atomic E-state index is 6.21. The molecule has 0 bridgehead atoms. The molecular formula is C16H18BrClN4. The highest BCUT2D eigenvalue weighted by molar-refractivity contribution is 9.10. The number of halogens is 2. The molecule has 2 aromatic rings. The van der Waals surface area contributed by atoms with Crippen LogP contribution in [0.3, 0.4) is 0 Å². The standard InChI is InChI=1S/C16H18BrClN4/c1-2-19-16(22-11-14-5-3-4-8-20-14)21-10-12-6-7-13(17)9-15(12)18/h3-9H,2,10-11H2,1H3,(H2,19,21,22). The number of nitrogens with one attached hydrogen (secondary N) is 2. The Bertz CT molecular complexity index is 631. The van der Waals surface area contributed by atoms with Gasteiger partial charge >= 0.3 is 0 Å². The van der Waals surface area contributed by atoms with Crippen molar-refractivity contribution in [2.24, 2.45) is 4.99 Å². The largest absolute Gasteiger partial charge is 0.357 e. The van der Waals surface area contributed by atoms with E-state index in [4.69, 9.17) is 11.6 Å². The summed E-state index contributed by atoms with van der Waals surface area (Å²) in [6.45, 7) is 3.97. The molecular weight excluding hydrogens is 364 g/mol. The fourth-order valence-electron chi connectivity index (χ4n) is 1.83. The number of aliphatic imine (C=N–C) groups is 1. The number of rotatable bonds is 5. The summed E-state index contributed by atoms with van der Waals surface area (Å²) in [6.07, 6.45) is 1.78. The van der Waals surface area contributed by atoms with E-state index < -0.39 is 0 Å². The first kappa shape index (κ1) is 16.8. The zero-order valence-electron chi connectivity index (χ0n) is 12.3. The van der Waals surface area contributed by atoms with Crippen LogP contribution in [0, 0.1) is 0 Å². The van der Waals surface area contributed by atoms with Crippen LogP contribution in [0.4, 0.5) is 0 Å². The summed E-state index contributed by atoms with van der Waals surface area (Å²) < 4.78 is 0.963. The van der Waals surface area contributed by atoms with E-state index >= 15 is 0 Å². The van der Waals surface area contributed by atoms with Gasteiger partial charge in [-0.2, -0.15) is 0 Å². The molecule has 1 heterocycles. The molecule has 0 saturated heterocycles. The van der Waals surface area contributed by atoms with E-state index in [9.17, 15) is 0 Å². The Kier molecular flexibility index (Phi) is 6.68. The Morgan fingerprint density at radius 1 is 1.27 bits per heavy atom. The van der Waals surface area contributed by atoms with Gasteiger partial charge in [-0.15, -0.1) is 0 Å². The van der Waals surface area contributed by atoms with Crippen molar-refractivity contribution in [1.29, 1.82) is 0 Å². The normalized spacial score (nSPS) is 11.3. The number of pyridine rings is 1. The minimum atomic E-state index is 0.518. The maximum absolute atomic E-state index is 6.21. The van der Waals surface area contributed by atoms with Crippen LogP contribution >= 0.6 is 27.5 Å². The lowest BCUT2D eigenvalue weighted by Crippen LogP contribution is -2.37. The fraction of sp³-hybridized carbons (Fsp3) is 0.250. The van der Waals surface area contributed by atoms with Gasteiger partial charge in [0.05, 0.1) is 18.8 Å². The summed E-state index contributed by atoms with van der Waals surface area (Å²) in [4.78, 5) is 8.84. The van der Waals surface area contributed by atoms with Crippen LogP contribution < -0.4 is 10.6 Å². The van der Waals surface area contributed by atoms with E-state index in [1.54, 1.807) is 6.20 Å². The van der Waals surface area contributed by atoms with Gasteiger partial charge in [-0.25, -0.2) is 4.99 Å². The molecule has 0 unspecified atom stereocenters. The van der Waals surface area contributed by atoms with E-state index in [1.165, 1.54) is 0 Å². The van der Waals surface area contributed by atoms with E-state index in [-0.39, 0.29) is 0 Å². The molecule has 0 aliphatic rings. The Balaban J connectivity index is 2.00. The maximum Gasteiger partial charge on any atom is 0.191 e. The number of hydrogen-bond donors (Lipinski definition) is 2. The molecule has 2 rings (SSSR count). The monoisotopic (exact) mass is 380 g/mol. The molecule has 0 saturated carbocycles. The summed E-state index contributed by atoms with van der Waals surface area (Å²) in [5.41, 5.74) is 1.95. The zero-order valence-corrected chi connectivity index (χ0v) is 14.7. The van der Waals surface area contributed by atoms with Crippen molar-refractivity contribution in [2.45, 2.75) is 20.0 Å². The molecule has 0 amide bonds. The van der Waals surface area contributed by atoms with Gasteiger partial charge in [0, 0.05) is 22.2 Å². The molecule has 4 nitrogen and oxygen atoms in total. The molecule has 22 heavy (non-hydrogen) atoms. The van der Waals surface area contributed by atoms with Crippen LogP contribution in [0.1, 0.15) is 18.2 Å². The topological polar surface area (TPSA) is 49.3 Å². The van der Waals surface area contributed by atoms with Crippen molar-refractivity contribution < 1.29 is 0 Å². The van der Waals surface area contributed by atoms with Crippen LogP contribution in [0.5, 0.6) is 0 Å². The molecule has 2 N–H and O–H groups in total. The highest BCUT2D eigenvalue weighted by Crippen LogP contribution is 2.21. The Morgan fingerprint density at radius 2 is 2.14 bits per heavy atom. The Labute approximate surface area is 144 Å². The van der Waals surface area contributed by atoms with Gasteiger partial charge in [0.1, 0.15) is 0 Å². The van der Waals surface area contributed by atoms with Crippen molar-refractivity contribution in [2.75, 3.05) is 6.54 Å². The third-order valence-corrected chi connectivity index (χ3v) is 3.78. The minimum Gasteiger partial charge on any atom is -0.357 e. The molecule has 1 aromatic carbocycles. The lowest BCUT2D eigenvalue weighted by molar-refractivity contribution is 0.799. The predicted molar refractivity (Wildman–Crippen MR) is 95.0 cm³/mol. The highest BCUT2D eigenvalue weighted by atomic mass is 79.9. The lowest BCUT2D eigenvalue weighted by Gasteiger charge is -2.11. The summed E-state index contributed by atoms with van der Waals surface area (Å²) >= 11 is 9.61. The Morgan fingerprint density at radius 3 is 2.82 bits per heavy atom. The second kappa shape index (κ2) is 8.76. The third-order valence-electron chi connectivity index (χ3n) is 2.93. The lowest BCUT2D eigenvalue weighted by atomic mass is 10.2. The van der Waals surface area contributed by atoms with Gasteiger partial charge in [0.25, 0.3) is 0 Å². The number of nitrogens with zero attached hydrogens (tertiary/aromatic N) is 2. The molecule has 0 aliphatic carbocycles. The van der Waals surface area contributed by atoms with Crippen molar-refractivity contribution >= 4 is 33.5 Å². The fourth-order valence-corrected chi connectivity index (χ4v) is 2.57. The van der Waals surface area contributed by atoms with Crippen molar-refractivity contribution in [3.8, 4) is 0 Å². The Hall–Kier alpha value is -1.59. The smallest absolute Gasteiger partial charge is 0.191 e. The van der Waals surface area contributed by atoms with Crippen LogP contribution in [-0.2, 0) is 13.1 Å². The summed E-state index contributed by atoms with van der Waals surface area (Å²) in [5.74, 6) is 0.743. The molecule has 116 valence electrons. The molecule has 6 heteroatoms. The second-order valence-electron chi connectivity index (χ2n) is 4.61. The van der Waals surface area contributed by atoms with E-state index in [0.717, 1.165) is 28.2 Å². The molecule has 0 fully saturated rings. The van der Waals surface area contributed by atoms with E-state index in [1.807, 2.05) is 43.3 Å². The first-order chi connectivity index (χ1) is 10.7. The molecule has 0 aliphatic heterocycles. The van der Waals surface area contributed by atoms with Gasteiger partial charge < -0.3 is 10.6 Å². The molecule has 1 aromatic heterocycles. The van der Waals surface area contributed by atoms with Gasteiger partial charge in [-0.1, -0.05) is 39.7 Å². The predicted octanol–water partition coefficient (Wildman–Crippen LogP) is 3.75. The number of guanidine groups is 1. The SMILES string of the molecule is CCNC(=NCc1ccc(Br)cc1Cl)NCc1ccccn1. The van der Waals surface area contributed by atoms with E-state index in [2.05, 4.69) is 36.5 Å². The first-order valence-electron chi connectivity index (χ1n) is 7.05. The van der Waals surface area contributed by atoms with Crippen molar-refractivity contribution in [1.82, 2.24) is 15.6 Å². The molecule has 0 radical (unpaired) electrons. The average Bonchev–Trinajstić information content (AvgIpc) is 2.52. The quantitative estimate of drug-likeness (QED) is 0.612. The number of benzene rings is 1. The summed E-state index contributed by atoms with van der Waals surface area (Å²) in [6, 6.07) is 11.7. The number of hydrogen-bond acceptors (Lipinski definition) is 2. The van der Waals surface area contributed by atoms with Crippen molar-refractivity contribution in [3.05, 3.63) is 63.3 Å². The minimum absolute atomic E-state index is 0.518. The zero-order chi connectivity index (χ0) is 15.8. The van der Waals surface area contributed by atoms with Gasteiger partial charge in [0.2, 0.25) is 0 Å². The van der Waals surface area contributed by atoms with Gasteiger partial charge in [-0.3, -0.25) is 4.98 Å². The van der Waals surface area contributed by atoms with Crippen molar-refractivity contribution in [3.63, 3.8) is 0 Å². The highest BCUT2D eigenvalue weighted by Gasteiger charge is 2.02.